The summed E-state index contributed by atoms with van der Waals surface area (Å²) in [6.07, 6.45) is 1.65. The largest absolute Gasteiger partial charge is 0.463 e. The molecule has 1 fully saturated rings. The van der Waals surface area contributed by atoms with Crippen LogP contribution in [0.15, 0.2) is 24.3 Å². The summed E-state index contributed by atoms with van der Waals surface area (Å²) in [7, 11) is 1.60. The van der Waals surface area contributed by atoms with E-state index in [2.05, 4.69) is 0 Å². The lowest BCUT2D eigenvalue weighted by Crippen LogP contribution is -2.48. The molecule has 1 aliphatic rings. The molecular weight excluding hydrogens is 351 g/mol. The third kappa shape index (κ3) is 4.50. The van der Waals surface area contributed by atoms with Gasteiger partial charge in [-0.3, -0.25) is 4.79 Å². The van der Waals surface area contributed by atoms with Crippen LogP contribution in [0.25, 0.3) is 0 Å². The molecule has 2 rings (SSSR count). The normalized spacial score (nSPS) is 24.4. The van der Waals surface area contributed by atoms with Gasteiger partial charge < -0.3 is 14.2 Å². The number of benzene rings is 1. The standard InChI is InChI=1S/C18H22ClFO5/c1-3-24-17(22)18(10-8-12(23-2)9-11-18)25-16(21)15(19)13-6-4-5-7-14(13)20/h4-7,12,15H,3,8-11H2,1-2H3. The zero-order chi connectivity index (χ0) is 18.4. The molecule has 0 aromatic heterocycles. The Kier molecular flexibility index (Phi) is 6.79. The lowest BCUT2D eigenvalue weighted by molar-refractivity contribution is -0.189. The first-order valence-corrected chi connectivity index (χ1v) is 8.68. The van der Waals surface area contributed by atoms with Gasteiger partial charge in [0.05, 0.1) is 12.7 Å². The van der Waals surface area contributed by atoms with E-state index in [1.165, 1.54) is 18.2 Å². The fourth-order valence-corrected chi connectivity index (χ4v) is 3.18. The van der Waals surface area contributed by atoms with Crippen LogP contribution in [-0.4, -0.2) is 37.4 Å². The molecule has 1 saturated carbocycles. The Labute approximate surface area is 151 Å². The highest BCUT2D eigenvalue weighted by Crippen LogP contribution is 2.36. The maximum Gasteiger partial charge on any atom is 0.350 e. The van der Waals surface area contributed by atoms with Crippen LogP contribution < -0.4 is 0 Å². The Hall–Kier alpha value is -1.66. The number of carbonyl (C=O) groups excluding carboxylic acids is 2. The van der Waals surface area contributed by atoms with E-state index in [4.69, 9.17) is 25.8 Å². The molecular formula is C18H22ClFO5. The van der Waals surface area contributed by atoms with Crippen molar-refractivity contribution < 1.29 is 28.2 Å². The highest BCUT2D eigenvalue weighted by molar-refractivity contribution is 6.30. The van der Waals surface area contributed by atoms with Crippen LogP contribution in [0.1, 0.15) is 43.5 Å². The molecule has 1 atom stereocenters. The summed E-state index contributed by atoms with van der Waals surface area (Å²) in [6.45, 7) is 1.85. The third-order valence-corrected chi connectivity index (χ3v) is 4.82. The molecule has 0 saturated heterocycles. The number of halogens is 2. The molecule has 5 nitrogen and oxygen atoms in total. The van der Waals surface area contributed by atoms with Gasteiger partial charge in [-0.1, -0.05) is 18.2 Å². The van der Waals surface area contributed by atoms with E-state index in [1.54, 1.807) is 20.1 Å². The molecule has 0 radical (unpaired) electrons. The highest BCUT2D eigenvalue weighted by Gasteiger charge is 2.48. The average molecular weight is 373 g/mol. The quantitative estimate of drug-likeness (QED) is 0.564. The number of carbonyl (C=O) groups is 2. The van der Waals surface area contributed by atoms with Gasteiger partial charge in [0.1, 0.15) is 5.82 Å². The molecule has 0 heterocycles. The molecule has 0 aliphatic heterocycles. The lowest BCUT2D eigenvalue weighted by atomic mass is 9.83. The van der Waals surface area contributed by atoms with Crippen molar-refractivity contribution in [3.05, 3.63) is 35.6 Å². The highest BCUT2D eigenvalue weighted by atomic mass is 35.5. The summed E-state index contributed by atoms with van der Waals surface area (Å²) in [5, 5.41) is -1.34. The van der Waals surface area contributed by atoms with Crippen molar-refractivity contribution in [2.75, 3.05) is 13.7 Å². The van der Waals surface area contributed by atoms with E-state index in [9.17, 15) is 14.0 Å². The maximum atomic E-state index is 13.9. The summed E-state index contributed by atoms with van der Waals surface area (Å²) in [5.74, 6) is -2.07. The molecule has 1 unspecified atom stereocenters. The molecule has 1 aliphatic carbocycles. The fraction of sp³-hybridized carbons (Fsp3) is 0.556. The van der Waals surface area contributed by atoms with E-state index < -0.39 is 28.7 Å². The van der Waals surface area contributed by atoms with Gasteiger partial charge in [-0.15, -0.1) is 11.6 Å². The first kappa shape index (κ1) is 19.7. The number of methoxy groups -OCH3 is 1. The minimum Gasteiger partial charge on any atom is -0.463 e. The van der Waals surface area contributed by atoms with Crippen molar-refractivity contribution in [1.82, 2.24) is 0 Å². The van der Waals surface area contributed by atoms with Crippen LogP contribution in [0.4, 0.5) is 4.39 Å². The molecule has 0 spiro atoms. The molecule has 1 aromatic rings. The Morgan fingerprint density at radius 2 is 1.96 bits per heavy atom. The van der Waals surface area contributed by atoms with Crippen molar-refractivity contribution in [1.29, 1.82) is 0 Å². The van der Waals surface area contributed by atoms with Gasteiger partial charge in [0, 0.05) is 25.5 Å². The van der Waals surface area contributed by atoms with Gasteiger partial charge in [-0.05, 0) is 25.8 Å². The number of hydrogen-bond acceptors (Lipinski definition) is 5. The Balaban J connectivity index is 2.17. The van der Waals surface area contributed by atoms with Gasteiger partial charge in [-0.2, -0.15) is 0 Å². The second kappa shape index (κ2) is 8.63. The zero-order valence-corrected chi connectivity index (χ0v) is 15.1. The molecule has 0 N–H and O–H groups in total. The number of hydrogen-bond donors (Lipinski definition) is 0. The zero-order valence-electron chi connectivity index (χ0n) is 14.3. The van der Waals surface area contributed by atoms with Gasteiger partial charge in [0.15, 0.2) is 5.38 Å². The topological polar surface area (TPSA) is 61.8 Å². The molecule has 1 aromatic carbocycles. The first-order chi connectivity index (χ1) is 11.9. The lowest BCUT2D eigenvalue weighted by Gasteiger charge is -2.37. The molecule has 138 valence electrons. The summed E-state index contributed by atoms with van der Waals surface area (Å²) in [5.41, 5.74) is -1.39. The Morgan fingerprint density at radius 1 is 1.32 bits per heavy atom. The fourth-order valence-electron chi connectivity index (χ4n) is 2.96. The summed E-state index contributed by atoms with van der Waals surface area (Å²) < 4.78 is 29.7. The molecule has 0 bridgehead atoms. The Morgan fingerprint density at radius 3 is 2.52 bits per heavy atom. The van der Waals surface area contributed by atoms with E-state index in [0.717, 1.165) is 0 Å². The van der Waals surface area contributed by atoms with Gasteiger partial charge >= 0.3 is 11.9 Å². The maximum absolute atomic E-state index is 13.9. The second-order valence-electron chi connectivity index (χ2n) is 5.95. The molecule has 0 amide bonds. The van der Waals surface area contributed by atoms with E-state index in [0.29, 0.717) is 12.8 Å². The van der Waals surface area contributed by atoms with Crippen molar-refractivity contribution in [3.8, 4) is 0 Å². The predicted octanol–water partition coefficient (Wildman–Crippen LogP) is 3.54. The predicted molar refractivity (Wildman–Crippen MR) is 89.7 cm³/mol. The number of esters is 2. The van der Waals surface area contributed by atoms with Crippen molar-refractivity contribution >= 4 is 23.5 Å². The number of alkyl halides is 1. The monoisotopic (exact) mass is 372 g/mol. The minimum atomic E-state index is -1.40. The van der Waals surface area contributed by atoms with Crippen molar-refractivity contribution in [3.63, 3.8) is 0 Å². The van der Waals surface area contributed by atoms with E-state index in [-0.39, 0.29) is 31.1 Å². The summed E-state index contributed by atoms with van der Waals surface area (Å²) >= 11 is 6.09. The van der Waals surface area contributed by atoms with Gasteiger partial charge in [0.25, 0.3) is 0 Å². The smallest absolute Gasteiger partial charge is 0.350 e. The van der Waals surface area contributed by atoms with E-state index >= 15 is 0 Å². The van der Waals surface area contributed by atoms with Crippen LogP contribution in [0, 0.1) is 5.82 Å². The van der Waals surface area contributed by atoms with Crippen LogP contribution in [0.2, 0.25) is 0 Å². The number of rotatable bonds is 6. The SMILES string of the molecule is CCOC(=O)C1(OC(=O)C(Cl)c2ccccc2F)CCC(OC)CC1. The van der Waals surface area contributed by atoms with Crippen LogP contribution in [0.3, 0.4) is 0 Å². The Bertz CT molecular complexity index is 613. The van der Waals surface area contributed by atoms with Crippen molar-refractivity contribution in [2.24, 2.45) is 0 Å². The minimum absolute atomic E-state index is 0.000352. The molecule has 25 heavy (non-hydrogen) atoms. The van der Waals surface area contributed by atoms with E-state index in [1.807, 2.05) is 0 Å². The third-order valence-electron chi connectivity index (χ3n) is 4.40. The van der Waals surface area contributed by atoms with Crippen LogP contribution >= 0.6 is 11.6 Å². The molecule has 7 heteroatoms. The van der Waals surface area contributed by atoms with Crippen LogP contribution in [0.5, 0.6) is 0 Å². The number of ether oxygens (including phenoxy) is 3. The van der Waals surface area contributed by atoms with Gasteiger partial charge in [0.2, 0.25) is 5.60 Å². The second-order valence-corrected chi connectivity index (χ2v) is 6.39. The van der Waals surface area contributed by atoms with Gasteiger partial charge in [-0.25, -0.2) is 9.18 Å². The summed E-state index contributed by atoms with van der Waals surface area (Å²) in [4.78, 5) is 24.9. The average Bonchev–Trinajstić information content (AvgIpc) is 2.62. The first-order valence-electron chi connectivity index (χ1n) is 8.25. The summed E-state index contributed by atoms with van der Waals surface area (Å²) in [6, 6.07) is 5.70. The van der Waals surface area contributed by atoms with Crippen molar-refractivity contribution in [2.45, 2.75) is 49.7 Å². The van der Waals surface area contributed by atoms with Crippen LogP contribution in [-0.2, 0) is 23.8 Å².